The number of hydrogen-bond acceptors (Lipinski definition) is 6. The monoisotopic (exact) mass is 373 g/mol. The van der Waals surface area contributed by atoms with E-state index in [4.69, 9.17) is 16.6 Å². The van der Waals surface area contributed by atoms with Crippen LogP contribution >= 0.6 is 0 Å². The average Bonchev–Trinajstić information content (AvgIpc) is 2.55. The SMILES string of the molecule is CCC(C)C(NC(=O)C(CC(N)=O)NC(=O)C(C)N)C(=O)NCC(=O)O. The number of carboxylic acids is 1. The molecule has 11 heteroatoms. The molecule has 0 aliphatic carbocycles. The highest BCUT2D eigenvalue weighted by molar-refractivity contribution is 5.95. The van der Waals surface area contributed by atoms with Crippen LogP contribution in [-0.4, -0.2) is 59.4 Å². The van der Waals surface area contributed by atoms with Gasteiger partial charge < -0.3 is 32.5 Å². The lowest BCUT2D eigenvalue weighted by molar-refractivity contribution is -0.139. The molecule has 4 amide bonds. The van der Waals surface area contributed by atoms with E-state index in [-0.39, 0.29) is 5.92 Å². The molecular formula is C15H27N5O6. The molecular weight excluding hydrogens is 346 g/mol. The predicted octanol–water partition coefficient (Wildman–Crippen LogP) is -2.57. The zero-order valence-electron chi connectivity index (χ0n) is 15.1. The van der Waals surface area contributed by atoms with Crippen LogP contribution < -0.4 is 27.4 Å². The number of nitrogens with two attached hydrogens (primary N) is 2. The molecule has 0 radical (unpaired) electrons. The molecule has 0 aromatic carbocycles. The van der Waals surface area contributed by atoms with E-state index in [1.807, 2.05) is 0 Å². The Hall–Kier alpha value is -2.69. The van der Waals surface area contributed by atoms with E-state index in [1.54, 1.807) is 13.8 Å². The topological polar surface area (TPSA) is 194 Å². The molecule has 0 rings (SSSR count). The van der Waals surface area contributed by atoms with E-state index in [2.05, 4.69) is 16.0 Å². The molecule has 0 heterocycles. The van der Waals surface area contributed by atoms with Gasteiger partial charge in [0, 0.05) is 0 Å². The third-order valence-corrected chi connectivity index (χ3v) is 3.66. The van der Waals surface area contributed by atoms with Crippen LogP contribution in [-0.2, 0) is 24.0 Å². The van der Waals surface area contributed by atoms with Gasteiger partial charge in [0.25, 0.3) is 0 Å². The quantitative estimate of drug-likeness (QED) is 0.229. The van der Waals surface area contributed by atoms with E-state index in [0.717, 1.165) is 0 Å². The van der Waals surface area contributed by atoms with Gasteiger partial charge in [-0.15, -0.1) is 0 Å². The van der Waals surface area contributed by atoms with Gasteiger partial charge in [-0.1, -0.05) is 20.3 Å². The molecule has 0 aliphatic heterocycles. The second-order valence-electron chi connectivity index (χ2n) is 6.00. The Bertz CT molecular complexity index is 551. The Balaban J connectivity index is 5.24. The Labute approximate surface area is 151 Å². The summed E-state index contributed by atoms with van der Waals surface area (Å²) in [6, 6.07) is -3.26. The van der Waals surface area contributed by atoms with Gasteiger partial charge in [-0.05, 0) is 12.8 Å². The number of nitrogens with one attached hydrogen (secondary N) is 3. The van der Waals surface area contributed by atoms with Gasteiger partial charge >= 0.3 is 5.97 Å². The number of carbonyl (C=O) groups is 5. The van der Waals surface area contributed by atoms with Crippen LogP contribution in [0.5, 0.6) is 0 Å². The van der Waals surface area contributed by atoms with Gasteiger partial charge in [-0.3, -0.25) is 24.0 Å². The second-order valence-corrected chi connectivity index (χ2v) is 6.00. The molecule has 0 saturated carbocycles. The summed E-state index contributed by atoms with van der Waals surface area (Å²) in [7, 11) is 0. The Morgan fingerprint density at radius 3 is 2.00 bits per heavy atom. The first-order valence-electron chi connectivity index (χ1n) is 8.13. The Kier molecular flexibility index (Phi) is 9.89. The molecule has 11 nitrogen and oxygen atoms in total. The number of rotatable bonds is 11. The van der Waals surface area contributed by atoms with E-state index in [1.165, 1.54) is 6.92 Å². The fourth-order valence-corrected chi connectivity index (χ4v) is 1.94. The first-order chi connectivity index (χ1) is 12.0. The number of hydrogen-bond donors (Lipinski definition) is 6. The molecule has 0 bridgehead atoms. The third kappa shape index (κ3) is 8.42. The van der Waals surface area contributed by atoms with E-state index < -0.39 is 60.7 Å². The van der Waals surface area contributed by atoms with Crippen molar-refractivity contribution >= 4 is 29.6 Å². The van der Waals surface area contributed by atoms with Crippen molar-refractivity contribution in [3.05, 3.63) is 0 Å². The highest BCUT2D eigenvalue weighted by Crippen LogP contribution is 2.09. The molecule has 4 unspecified atom stereocenters. The molecule has 26 heavy (non-hydrogen) atoms. The first kappa shape index (κ1) is 23.3. The van der Waals surface area contributed by atoms with Crippen molar-refractivity contribution in [2.45, 2.75) is 51.7 Å². The first-order valence-corrected chi connectivity index (χ1v) is 8.13. The van der Waals surface area contributed by atoms with Crippen LogP contribution in [0.2, 0.25) is 0 Å². The van der Waals surface area contributed by atoms with Crippen molar-refractivity contribution in [1.29, 1.82) is 0 Å². The maximum Gasteiger partial charge on any atom is 0.322 e. The van der Waals surface area contributed by atoms with Gasteiger partial charge in [0.05, 0.1) is 12.5 Å². The fraction of sp³-hybridized carbons (Fsp3) is 0.667. The van der Waals surface area contributed by atoms with Crippen LogP contribution in [0.15, 0.2) is 0 Å². The standard InChI is InChI=1S/C15H27N5O6/c1-4-7(2)12(15(26)18-6-11(22)23)20-14(25)9(5-10(17)21)19-13(24)8(3)16/h7-9,12H,4-6,16H2,1-3H3,(H2,17,21)(H,18,26)(H,19,24)(H,20,25)(H,22,23). The number of amides is 4. The van der Waals surface area contributed by atoms with Crippen molar-refractivity contribution in [3.63, 3.8) is 0 Å². The zero-order chi connectivity index (χ0) is 20.4. The van der Waals surface area contributed by atoms with E-state index >= 15 is 0 Å². The van der Waals surface area contributed by atoms with E-state index in [9.17, 15) is 24.0 Å². The van der Waals surface area contributed by atoms with Gasteiger partial charge in [0.15, 0.2) is 0 Å². The lowest BCUT2D eigenvalue weighted by Crippen LogP contribution is -2.58. The van der Waals surface area contributed by atoms with Crippen molar-refractivity contribution in [3.8, 4) is 0 Å². The number of carbonyl (C=O) groups excluding carboxylic acids is 4. The van der Waals surface area contributed by atoms with Crippen molar-refractivity contribution < 1.29 is 29.1 Å². The van der Waals surface area contributed by atoms with Crippen LogP contribution in [0.4, 0.5) is 0 Å². The third-order valence-electron chi connectivity index (χ3n) is 3.66. The number of carboxylic acid groups (broad SMARTS) is 1. The summed E-state index contributed by atoms with van der Waals surface area (Å²) in [4.78, 5) is 58.1. The molecule has 0 aromatic rings. The van der Waals surface area contributed by atoms with Gasteiger partial charge in [-0.2, -0.15) is 0 Å². The molecule has 148 valence electrons. The molecule has 0 spiro atoms. The van der Waals surface area contributed by atoms with Crippen molar-refractivity contribution in [2.75, 3.05) is 6.54 Å². The Morgan fingerprint density at radius 1 is 1.00 bits per heavy atom. The zero-order valence-corrected chi connectivity index (χ0v) is 15.1. The fourth-order valence-electron chi connectivity index (χ4n) is 1.94. The average molecular weight is 373 g/mol. The minimum absolute atomic E-state index is 0.328. The second kappa shape index (κ2) is 11.0. The highest BCUT2D eigenvalue weighted by Gasteiger charge is 2.31. The molecule has 0 fully saturated rings. The van der Waals surface area contributed by atoms with Crippen LogP contribution in [0.25, 0.3) is 0 Å². The predicted molar refractivity (Wildman–Crippen MR) is 91.4 cm³/mol. The Morgan fingerprint density at radius 2 is 1.58 bits per heavy atom. The largest absolute Gasteiger partial charge is 0.480 e. The minimum Gasteiger partial charge on any atom is -0.480 e. The smallest absolute Gasteiger partial charge is 0.322 e. The van der Waals surface area contributed by atoms with Gasteiger partial charge in [0.1, 0.15) is 18.6 Å². The molecule has 8 N–H and O–H groups in total. The number of aliphatic carboxylic acids is 1. The summed E-state index contributed by atoms with van der Waals surface area (Å²) in [5, 5.41) is 15.6. The summed E-state index contributed by atoms with van der Waals surface area (Å²) in [6.45, 7) is 4.27. The van der Waals surface area contributed by atoms with Crippen LogP contribution in [0.3, 0.4) is 0 Å². The van der Waals surface area contributed by atoms with Gasteiger partial charge in [0.2, 0.25) is 23.6 Å². The highest BCUT2D eigenvalue weighted by atomic mass is 16.4. The van der Waals surface area contributed by atoms with E-state index in [0.29, 0.717) is 6.42 Å². The number of primary amides is 1. The lowest BCUT2D eigenvalue weighted by Gasteiger charge is -2.26. The molecule has 0 saturated heterocycles. The minimum atomic E-state index is -1.30. The summed E-state index contributed by atoms with van der Waals surface area (Å²) < 4.78 is 0. The summed E-state index contributed by atoms with van der Waals surface area (Å²) in [5.74, 6) is -4.54. The normalized spacial score (nSPS) is 15.1. The van der Waals surface area contributed by atoms with Gasteiger partial charge in [-0.25, -0.2) is 0 Å². The molecule has 4 atom stereocenters. The maximum atomic E-state index is 12.4. The summed E-state index contributed by atoms with van der Waals surface area (Å²) in [6.07, 6.45) is 0.0341. The molecule has 0 aromatic heterocycles. The van der Waals surface area contributed by atoms with Crippen molar-refractivity contribution in [1.82, 2.24) is 16.0 Å². The lowest BCUT2D eigenvalue weighted by atomic mass is 9.97. The van der Waals surface area contributed by atoms with Crippen LogP contribution in [0.1, 0.15) is 33.6 Å². The summed E-state index contributed by atoms with van der Waals surface area (Å²) in [5.41, 5.74) is 10.5. The van der Waals surface area contributed by atoms with Crippen LogP contribution in [0, 0.1) is 5.92 Å². The maximum absolute atomic E-state index is 12.4. The summed E-state index contributed by atoms with van der Waals surface area (Å²) >= 11 is 0. The van der Waals surface area contributed by atoms with Crippen molar-refractivity contribution in [2.24, 2.45) is 17.4 Å². The molecule has 0 aliphatic rings.